The molecule has 0 saturated heterocycles. The number of anilines is 1. The third-order valence-electron chi connectivity index (χ3n) is 2.82. The Bertz CT molecular complexity index is 432. The molecule has 0 spiro atoms. The van der Waals surface area contributed by atoms with Crippen LogP contribution in [-0.2, 0) is 0 Å². The second-order valence-electron chi connectivity index (χ2n) is 4.34. The highest BCUT2D eigenvalue weighted by Gasteiger charge is 2.20. The Morgan fingerprint density at radius 2 is 2.22 bits per heavy atom. The summed E-state index contributed by atoms with van der Waals surface area (Å²) in [4.78, 5) is 10.5. The van der Waals surface area contributed by atoms with Crippen LogP contribution >= 0.6 is 0 Å². The number of hydrogen-bond acceptors (Lipinski definition) is 5. The monoisotopic (exact) mass is 254 g/mol. The fourth-order valence-corrected chi connectivity index (χ4v) is 1.35. The summed E-state index contributed by atoms with van der Waals surface area (Å²) in [6, 6.07) is 4.56. The molecule has 0 aliphatic rings. The number of benzene rings is 1. The first-order valence-corrected chi connectivity index (χ1v) is 5.68. The number of methoxy groups -OCH3 is 1. The molecule has 0 bridgehead atoms. The van der Waals surface area contributed by atoms with E-state index in [4.69, 9.17) is 4.74 Å². The van der Waals surface area contributed by atoms with Crippen molar-refractivity contribution in [3.8, 4) is 5.75 Å². The van der Waals surface area contributed by atoms with E-state index in [-0.39, 0.29) is 12.2 Å². The predicted octanol–water partition coefficient (Wildman–Crippen LogP) is 2.18. The zero-order chi connectivity index (χ0) is 13.8. The van der Waals surface area contributed by atoms with Gasteiger partial charge in [0.2, 0.25) is 0 Å². The second-order valence-corrected chi connectivity index (χ2v) is 4.34. The van der Waals surface area contributed by atoms with Gasteiger partial charge in [0.05, 0.1) is 23.7 Å². The predicted molar refractivity (Wildman–Crippen MR) is 69.1 cm³/mol. The highest BCUT2D eigenvalue weighted by Crippen LogP contribution is 2.29. The van der Waals surface area contributed by atoms with Gasteiger partial charge in [0.15, 0.2) is 0 Å². The fraction of sp³-hybridized carbons (Fsp3) is 0.500. The molecule has 0 amide bonds. The number of hydrogen-bond donors (Lipinski definition) is 2. The smallest absolute Gasteiger partial charge is 0.296 e. The molecule has 0 aliphatic heterocycles. The lowest BCUT2D eigenvalue weighted by molar-refractivity contribution is -0.384. The molecule has 0 heterocycles. The van der Waals surface area contributed by atoms with Crippen LogP contribution in [0.5, 0.6) is 5.75 Å². The Morgan fingerprint density at radius 1 is 1.56 bits per heavy atom. The molecule has 0 saturated carbocycles. The van der Waals surface area contributed by atoms with Gasteiger partial charge in [0.1, 0.15) is 11.4 Å². The van der Waals surface area contributed by atoms with Crippen molar-refractivity contribution < 1.29 is 14.8 Å². The van der Waals surface area contributed by atoms with Gasteiger partial charge in [-0.15, -0.1) is 0 Å². The van der Waals surface area contributed by atoms with E-state index in [1.807, 2.05) is 6.92 Å². The summed E-state index contributed by atoms with van der Waals surface area (Å²) in [5, 5.41) is 23.7. The van der Waals surface area contributed by atoms with Crippen LogP contribution in [0.3, 0.4) is 0 Å². The molecule has 18 heavy (non-hydrogen) atoms. The minimum atomic E-state index is -0.895. The first-order valence-electron chi connectivity index (χ1n) is 5.68. The summed E-state index contributed by atoms with van der Waals surface area (Å²) in [7, 11) is 1.45. The fourth-order valence-electron chi connectivity index (χ4n) is 1.35. The zero-order valence-corrected chi connectivity index (χ0v) is 10.8. The van der Waals surface area contributed by atoms with E-state index in [0.29, 0.717) is 17.9 Å². The number of nitrogens with zero attached hydrogens (tertiary/aromatic N) is 1. The van der Waals surface area contributed by atoms with Crippen molar-refractivity contribution in [2.45, 2.75) is 25.9 Å². The average molecular weight is 254 g/mol. The van der Waals surface area contributed by atoms with Crippen LogP contribution < -0.4 is 10.1 Å². The van der Waals surface area contributed by atoms with E-state index >= 15 is 0 Å². The van der Waals surface area contributed by atoms with E-state index in [9.17, 15) is 15.2 Å². The topological polar surface area (TPSA) is 84.6 Å². The number of nitrogens with one attached hydrogen (secondary N) is 1. The van der Waals surface area contributed by atoms with Crippen molar-refractivity contribution in [2.24, 2.45) is 0 Å². The number of ether oxygens (including phenoxy) is 1. The van der Waals surface area contributed by atoms with Gasteiger partial charge in [0.25, 0.3) is 5.69 Å². The minimum absolute atomic E-state index is 0.0683. The van der Waals surface area contributed by atoms with Crippen molar-refractivity contribution in [3.05, 3.63) is 28.3 Å². The van der Waals surface area contributed by atoms with Gasteiger partial charge in [-0.25, -0.2) is 0 Å². The molecule has 1 atom stereocenters. The molecular weight excluding hydrogens is 236 g/mol. The third kappa shape index (κ3) is 3.59. The highest BCUT2D eigenvalue weighted by atomic mass is 16.6. The zero-order valence-electron chi connectivity index (χ0n) is 10.8. The summed E-state index contributed by atoms with van der Waals surface area (Å²) >= 11 is 0. The van der Waals surface area contributed by atoms with Gasteiger partial charge in [-0.2, -0.15) is 0 Å². The molecule has 2 N–H and O–H groups in total. The van der Waals surface area contributed by atoms with Crippen LogP contribution in [0.4, 0.5) is 11.4 Å². The standard InChI is InChI=1S/C12H18N2O4/c1-4-12(2,15)8-13-10-6-5-9(18-3)7-11(10)14(16)17/h5-7,13,15H,4,8H2,1-3H3. The molecule has 6 heteroatoms. The first kappa shape index (κ1) is 14.2. The largest absolute Gasteiger partial charge is 0.496 e. The maximum Gasteiger partial charge on any atom is 0.296 e. The van der Waals surface area contributed by atoms with Crippen LogP contribution in [0, 0.1) is 10.1 Å². The molecule has 100 valence electrons. The molecule has 0 aromatic heterocycles. The molecule has 1 rings (SSSR count). The molecule has 0 fully saturated rings. The van der Waals surface area contributed by atoms with Crippen molar-refractivity contribution in [1.29, 1.82) is 0 Å². The first-order chi connectivity index (χ1) is 8.39. The van der Waals surface area contributed by atoms with Gasteiger partial charge in [-0.3, -0.25) is 10.1 Å². The molecule has 6 nitrogen and oxygen atoms in total. The lowest BCUT2D eigenvalue weighted by Crippen LogP contribution is -2.32. The molecule has 0 aliphatic carbocycles. The van der Waals surface area contributed by atoms with Crippen molar-refractivity contribution in [2.75, 3.05) is 19.0 Å². The number of nitro benzene ring substituents is 1. The van der Waals surface area contributed by atoms with Crippen LogP contribution in [0.2, 0.25) is 0 Å². The Kier molecular flexibility index (Phi) is 4.49. The summed E-state index contributed by atoms with van der Waals surface area (Å²) in [6.07, 6.45) is 0.559. The Balaban J connectivity index is 2.91. The Morgan fingerprint density at radius 3 is 2.72 bits per heavy atom. The molecular formula is C12H18N2O4. The SMILES string of the molecule is CCC(C)(O)CNc1ccc(OC)cc1[N+](=O)[O-]. The highest BCUT2D eigenvalue weighted by molar-refractivity contribution is 5.64. The van der Waals surface area contributed by atoms with Gasteiger partial charge >= 0.3 is 0 Å². The van der Waals surface area contributed by atoms with Crippen LogP contribution in [0.15, 0.2) is 18.2 Å². The summed E-state index contributed by atoms with van der Waals surface area (Å²) in [6.45, 7) is 3.77. The van der Waals surface area contributed by atoms with Gasteiger partial charge in [-0.05, 0) is 25.5 Å². The van der Waals surface area contributed by atoms with Crippen molar-refractivity contribution in [1.82, 2.24) is 0 Å². The average Bonchev–Trinajstić information content (AvgIpc) is 2.36. The van der Waals surface area contributed by atoms with Crippen molar-refractivity contribution >= 4 is 11.4 Å². The maximum absolute atomic E-state index is 10.9. The second kappa shape index (κ2) is 5.68. The lowest BCUT2D eigenvalue weighted by Gasteiger charge is -2.22. The summed E-state index contributed by atoms with van der Waals surface area (Å²) in [5.74, 6) is 0.425. The Labute approximate surface area is 106 Å². The Hall–Kier alpha value is -1.82. The number of aliphatic hydroxyl groups is 1. The molecule has 1 aromatic rings. The van der Waals surface area contributed by atoms with E-state index in [0.717, 1.165) is 0 Å². The molecule has 0 radical (unpaired) electrons. The van der Waals surface area contributed by atoms with Gasteiger partial charge in [-0.1, -0.05) is 6.92 Å². The number of nitro groups is 1. The normalized spacial score (nSPS) is 13.8. The summed E-state index contributed by atoms with van der Waals surface area (Å²) < 4.78 is 4.94. The van der Waals surface area contributed by atoms with Gasteiger partial charge < -0.3 is 15.2 Å². The van der Waals surface area contributed by atoms with E-state index < -0.39 is 10.5 Å². The molecule has 1 aromatic carbocycles. The summed E-state index contributed by atoms with van der Waals surface area (Å²) in [5.41, 5.74) is -0.593. The van der Waals surface area contributed by atoms with E-state index in [2.05, 4.69) is 5.32 Å². The van der Waals surface area contributed by atoms with Crippen LogP contribution in [0.1, 0.15) is 20.3 Å². The van der Waals surface area contributed by atoms with Crippen molar-refractivity contribution in [3.63, 3.8) is 0 Å². The maximum atomic E-state index is 10.9. The minimum Gasteiger partial charge on any atom is -0.496 e. The van der Waals surface area contributed by atoms with Gasteiger partial charge in [0, 0.05) is 6.54 Å². The van der Waals surface area contributed by atoms with E-state index in [1.54, 1.807) is 19.1 Å². The quantitative estimate of drug-likeness (QED) is 0.600. The van der Waals surface area contributed by atoms with Crippen LogP contribution in [0.25, 0.3) is 0 Å². The molecule has 1 unspecified atom stereocenters. The number of rotatable bonds is 6. The third-order valence-corrected chi connectivity index (χ3v) is 2.82. The van der Waals surface area contributed by atoms with E-state index in [1.165, 1.54) is 13.2 Å². The van der Waals surface area contributed by atoms with Crippen LogP contribution in [-0.4, -0.2) is 29.3 Å². The lowest BCUT2D eigenvalue weighted by atomic mass is 10.0.